The number of rotatable bonds is 10. The molecule has 0 aliphatic rings. The molecule has 0 amide bonds. The van der Waals surface area contributed by atoms with E-state index in [9.17, 15) is 0 Å². The van der Waals surface area contributed by atoms with E-state index in [2.05, 4.69) is 136 Å². The van der Waals surface area contributed by atoms with Crippen molar-refractivity contribution in [3.63, 3.8) is 0 Å². The molecule has 0 aliphatic heterocycles. The van der Waals surface area contributed by atoms with Crippen LogP contribution in [0, 0.1) is 0 Å². The first kappa shape index (κ1) is 21.2. The second kappa shape index (κ2) is 10.8. The first-order chi connectivity index (χ1) is 15.3. The van der Waals surface area contributed by atoms with E-state index < -0.39 is 8.56 Å². The Hall–Kier alpha value is -3.02. The fraction of sp³-hybridized carbons (Fsp3) is 0.111. The van der Waals surface area contributed by atoms with Gasteiger partial charge in [0.2, 0.25) is 0 Å². The highest BCUT2D eigenvalue weighted by Gasteiger charge is 2.35. The minimum absolute atomic E-state index is 0.797. The summed E-state index contributed by atoms with van der Waals surface area (Å²) in [5.41, 5.74) is 3.83. The topological polar surface area (TPSA) is 36.1 Å². The zero-order valence-electron chi connectivity index (χ0n) is 17.7. The van der Waals surface area contributed by atoms with Crippen LogP contribution in [0.2, 0.25) is 0 Å². The van der Waals surface area contributed by atoms with E-state index in [1.54, 1.807) is 0 Å². The Balaban J connectivity index is 1.63. The Morgan fingerprint density at radius 1 is 0.387 bits per heavy atom. The van der Waals surface area contributed by atoms with Crippen LogP contribution in [-0.4, -0.2) is 8.56 Å². The molecule has 0 unspecified atom stereocenters. The third-order valence-electron chi connectivity index (χ3n) is 5.41. The highest BCUT2D eigenvalue weighted by Crippen LogP contribution is 2.06. The molecule has 4 heteroatoms. The molecule has 0 saturated heterocycles. The van der Waals surface area contributed by atoms with Gasteiger partial charge in [0.25, 0.3) is 0 Å². The van der Waals surface area contributed by atoms with Crippen LogP contribution in [0.5, 0.6) is 0 Å². The third-order valence-corrected chi connectivity index (χ3v) is 8.73. The highest BCUT2D eigenvalue weighted by molar-refractivity contribution is 6.85. The SMILES string of the molecule is c1ccc(CN[Si](NCc2ccccc2)(NCc2ccccc2)c2ccccc2)cc1. The molecule has 0 heterocycles. The van der Waals surface area contributed by atoms with E-state index in [1.807, 2.05) is 0 Å². The quantitative estimate of drug-likeness (QED) is 0.335. The number of nitrogens with one attached hydrogen (secondary N) is 3. The largest absolute Gasteiger partial charge is 0.316 e. The van der Waals surface area contributed by atoms with Crippen molar-refractivity contribution in [2.75, 3.05) is 0 Å². The predicted octanol–water partition coefficient (Wildman–Crippen LogP) is 4.20. The summed E-state index contributed by atoms with van der Waals surface area (Å²) in [4.78, 5) is 11.8. The molecule has 4 rings (SSSR count). The maximum absolute atomic E-state index is 3.92. The second-order valence-electron chi connectivity index (χ2n) is 7.63. The van der Waals surface area contributed by atoms with Crippen LogP contribution in [0.25, 0.3) is 0 Å². The van der Waals surface area contributed by atoms with Crippen molar-refractivity contribution in [1.29, 1.82) is 0 Å². The molecular formula is C27H29N3Si. The van der Waals surface area contributed by atoms with Gasteiger partial charge in [0.15, 0.2) is 0 Å². The lowest BCUT2D eigenvalue weighted by Gasteiger charge is -2.34. The number of hydrogen-bond donors (Lipinski definition) is 3. The van der Waals surface area contributed by atoms with Crippen molar-refractivity contribution < 1.29 is 0 Å². The van der Waals surface area contributed by atoms with Gasteiger partial charge in [-0.25, -0.2) is 0 Å². The van der Waals surface area contributed by atoms with E-state index in [0.717, 1.165) is 19.6 Å². The predicted molar refractivity (Wildman–Crippen MR) is 132 cm³/mol. The molecule has 0 radical (unpaired) electrons. The summed E-state index contributed by atoms with van der Waals surface area (Å²) in [6, 6.07) is 42.6. The Morgan fingerprint density at radius 2 is 0.677 bits per heavy atom. The van der Waals surface area contributed by atoms with Gasteiger partial charge >= 0.3 is 8.56 Å². The van der Waals surface area contributed by atoms with Crippen LogP contribution in [0.1, 0.15) is 16.7 Å². The molecule has 3 nitrogen and oxygen atoms in total. The van der Waals surface area contributed by atoms with E-state index in [0.29, 0.717) is 0 Å². The van der Waals surface area contributed by atoms with Crippen LogP contribution in [0.15, 0.2) is 121 Å². The van der Waals surface area contributed by atoms with Crippen molar-refractivity contribution in [3.8, 4) is 0 Å². The molecule has 0 aliphatic carbocycles. The van der Waals surface area contributed by atoms with Gasteiger partial charge in [-0.05, 0) is 21.9 Å². The molecule has 0 aromatic heterocycles. The van der Waals surface area contributed by atoms with Crippen molar-refractivity contribution in [2.24, 2.45) is 0 Å². The van der Waals surface area contributed by atoms with Crippen molar-refractivity contribution in [2.45, 2.75) is 19.6 Å². The first-order valence-electron chi connectivity index (χ1n) is 10.8. The summed E-state index contributed by atoms with van der Waals surface area (Å²) < 4.78 is 0. The minimum atomic E-state index is -2.47. The maximum Gasteiger partial charge on any atom is 0.316 e. The molecule has 0 spiro atoms. The van der Waals surface area contributed by atoms with Crippen LogP contribution >= 0.6 is 0 Å². The smallest absolute Gasteiger partial charge is 0.306 e. The van der Waals surface area contributed by atoms with E-state index in [-0.39, 0.29) is 0 Å². The van der Waals surface area contributed by atoms with Gasteiger partial charge in [0.1, 0.15) is 0 Å². The number of hydrogen-bond acceptors (Lipinski definition) is 3. The summed E-state index contributed by atoms with van der Waals surface area (Å²) in [6.45, 7) is 2.39. The maximum atomic E-state index is 3.92. The molecule has 0 fully saturated rings. The Morgan fingerprint density at radius 3 is 1.00 bits per heavy atom. The summed E-state index contributed by atoms with van der Waals surface area (Å²) in [7, 11) is -2.47. The molecule has 156 valence electrons. The fourth-order valence-corrected chi connectivity index (χ4v) is 6.76. The van der Waals surface area contributed by atoms with Gasteiger partial charge in [0.05, 0.1) is 0 Å². The zero-order chi connectivity index (χ0) is 21.2. The first-order valence-corrected chi connectivity index (χ1v) is 12.8. The van der Waals surface area contributed by atoms with Gasteiger partial charge < -0.3 is 14.9 Å². The lowest BCUT2D eigenvalue weighted by atomic mass is 10.2. The van der Waals surface area contributed by atoms with E-state index in [4.69, 9.17) is 0 Å². The molecule has 4 aromatic rings. The van der Waals surface area contributed by atoms with Gasteiger partial charge in [-0.2, -0.15) is 0 Å². The van der Waals surface area contributed by atoms with Crippen LogP contribution in [0.3, 0.4) is 0 Å². The molecule has 0 bridgehead atoms. The third kappa shape index (κ3) is 6.00. The minimum Gasteiger partial charge on any atom is -0.306 e. The highest BCUT2D eigenvalue weighted by atomic mass is 28.4. The van der Waals surface area contributed by atoms with Crippen LogP contribution in [-0.2, 0) is 19.6 Å². The molecule has 31 heavy (non-hydrogen) atoms. The van der Waals surface area contributed by atoms with Crippen molar-refractivity contribution in [1.82, 2.24) is 14.9 Å². The Labute approximate surface area is 186 Å². The normalized spacial score (nSPS) is 11.4. The summed E-state index contributed by atoms with van der Waals surface area (Å²) >= 11 is 0. The van der Waals surface area contributed by atoms with Gasteiger partial charge in [-0.1, -0.05) is 121 Å². The van der Waals surface area contributed by atoms with Crippen molar-refractivity contribution >= 4 is 13.7 Å². The molecule has 4 aromatic carbocycles. The molecule has 0 atom stereocenters. The summed E-state index contributed by atoms with van der Waals surface area (Å²) in [6.07, 6.45) is 0. The summed E-state index contributed by atoms with van der Waals surface area (Å²) in [5, 5.41) is 1.29. The Bertz CT molecular complexity index is 919. The average molecular weight is 424 g/mol. The fourth-order valence-electron chi connectivity index (χ4n) is 3.67. The monoisotopic (exact) mass is 423 g/mol. The van der Waals surface area contributed by atoms with E-state index >= 15 is 0 Å². The lowest BCUT2D eigenvalue weighted by Crippen LogP contribution is -2.78. The molecular weight excluding hydrogens is 394 g/mol. The molecule has 0 saturated carbocycles. The lowest BCUT2D eigenvalue weighted by molar-refractivity contribution is 0.748. The summed E-state index contributed by atoms with van der Waals surface area (Å²) in [5.74, 6) is 0. The average Bonchev–Trinajstić information content (AvgIpc) is 2.86. The van der Waals surface area contributed by atoms with Gasteiger partial charge in [-0.15, -0.1) is 0 Å². The Kier molecular flexibility index (Phi) is 7.42. The molecule has 3 N–H and O–H groups in total. The standard InChI is InChI=1S/C27H29N3Si/c1-5-13-24(14-6-1)21-28-31(27-19-11-4-12-20-27,29-22-25-15-7-2-8-16-25)30-23-26-17-9-3-10-18-26/h1-20,28-30H,21-23H2. The zero-order valence-corrected chi connectivity index (χ0v) is 18.7. The van der Waals surface area contributed by atoms with E-state index in [1.165, 1.54) is 21.9 Å². The van der Waals surface area contributed by atoms with Crippen molar-refractivity contribution in [3.05, 3.63) is 138 Å². The van der Waals surface area contributed by atoms with Crippen LogP contribution < -0.4 is 20.1 Å². The van der Waals surface area contributed by atoms with Gasteiger partial charge in [-0.3, -0.25) is 0 Å². The second-order valence-corrected chi connectivity index (χ2v) is 10.8. The van der Waals surface area contributed by atoms with Gasteiger partial charge in [0, 0.05) is 19.6 Å². The number of benzene rings is 4. The van der Waals surface area contributed by atoms with Crippen LogP contribution in [0.4, 0.5) is 0 Å².